The van der Waals surface area contributed by atoms with E-state index in [1.807, 2.05) is 38.4 Å². The van der Waals surface area contributed by atoms with Crippen molar-refractivity contribution in [3.63, 3.8) is 0 Å². The molecule has 3 aromatic heterocycles. The quantitative estimate of drug-likeness (QED) is 0.660. The lowest BCUT2D eigenvalue weighted by molar-refractivity contribution is 0.0581. The number of fused-ring (bicyclic) bond motifs is 1. The molecule has 1 N–H and O–H groups in total. The molecule has 31 heavy (non-hydrogen) atoms. The van der Waals surface area contributed by atoms with Crippen LogP contribution in [0.25, 0.3) is 22.5 Å². The van der Waals surface area contributed by atoms with Gasteiger partial charge in [0.15, 0.2) is 5.69 Å². The molecule has 1 fully saturated rings. The zero-order valence-corrected chi connectivity index (χ0v) is 18.4. The molecule has 0 unspecified atom stereocenters. The Hall–Kier alpha value is -2.94. The molecule has 166 valence electrons. The Morgan fingerprint density at radius 3 is 2.65 bits per heavy atom. The lowest BCUT2D eigenvalue weighted by atomic mass is 9.93. The van der Waals surface area contributed by atoms with Crippen molar-refractivity contribution in [2.75, 3.05) is 11.4 Å². The van der Waals surface area contributed by atoms with E-state index in [1.54, 1.807) is 12.4 Å². The summed E-state index contributed by atoms with van der Waals surface area (Å²) in [5.74, 6) is 0.925. The minimum atomic E-state index is -0.600. The summed E-state index contributed by atoms with van der Waals surface area (Å²) in [6, 6.07) is 2.01. The number of carbonyl (C=O) groups is 1. The van der Waals surface area contributed by atoms with Gasteiger partial charge in [0.25, 0.3) is 0 Å². The van der Waals surface area contributed by atoms with Crippen molar-refractivity contribution in [2.45, 2.75) is 71.1 Å². The van der Waals surface area contributed by atoms with E-state index in [2.05, 4.69) is 9.97 Å². The fourth-order valence-corrected chi connectivity index (χ4v) is 3.95. The Balaban J connectivity index is 1.78. The average Bonchev–Trinajstić information content (AvgIpc) is 3.35. The zero-order chi connectivity index (χ0) is 22.2. The number of rotatable bonds is 4. The van der Waals surface area contributed by atoms with Crippen LogP contribution in [0, 0.1) is 0 Å². The number of oxazole rings is 1. The highest BCUT2D eigenvalue weighted by Crippen LogP contribution is 2.35. The molecule has 1 aliphatic rings. The Bertz CT molecular complexity index is 1050. The third-order valence-corrected chi connectivity index (χ3v) is 5.43. The van der Waals surface area contributed by atoms with Crippen molar-refractivity contribution in [1.82, 2.24) is 19.7 Å². The number of hydrogen-bond acceptors (Lipinski definition) is 7. The molecule has 0 saturated heterocycles. The summed E-state index contributed by atoms with van der Waals surface area (Å²) in [6.45, 7) is 7.82. The first-order valence-electron chi connectivity index (χ1n) is 10.7. The highest BCUT2D eigenvalue weighted by atomic mass is 16.6. The lowest BCUT2D eigenvalue weighted by Crippen LogP contribution is -2.37. The molecule has 1 saturated carbocycles. The first-order valence-corrected chi connectivity index (χ1v) is 10.7. The molecular formula is C22H29N5O4. The van der Waals surface area contributed by atoms with E-state index in [0.717, 1.165) is 36.6 Å². The fourth-order valence-electron chi connectivity index (χ4n) is 3.95. The van der Waals surface area contributed by atoms with Crippen LogP contribution >= 0.6 is 0 Å². The molecule has 9 heteroatoms. The zero-order valence-electron chi connectivity index (χ0n) is 18.4. The lowest BCUT2D eigenvalue weighted by Gasteiger charge is -2.27. The van der Waals surface area contributed by atoms with E-state index in [-0.39, 0.29) is 12.1 Å². The molecule has 4 rings (SSSR count). The van der Waals surface area contributed by atoms with E-state index in [0.29, 0.717) is 23.9 Å². The van der Waals surface area contributed by atoms with Gasteiger partial charge in [0.1, 0.15) is 17.7 Å². The Morgan fingerprint density at radius 1 is 1.29 bits per heavy atom. The van der Waals surface area contributed by atoms with Crippen LogP contribution in [0.5, 0.6) is 0 Å². The van der Waals surface area contributed by atoms with Crippen LogP contribution < -0.4 is 4.90 Å². The molecule has 0 spiro atoms. The summed E-state index contributed by atoms with van der Waals surface area (Å²) in [5.41, 5.74) is 0.865. The van der Waals surface area contributed by atoms with Crippen LogP contribution in [0.3, 0.4) is 0 Å². The predicted octanol–water partition coefficient (Wildman–Crippen LogP) is 4.32. The number of aliphatic hydroxyl groups excluding tert-OH is 1. The molecule has 0 atom stereocenters. The van der Waals surface area contributed by atoms with E-state index in [9.17, 15) is 9.90 Å². The van der Waals surface area contributed by atoms with Gasteiger partial charge in [0, 0.05) is 18.8 Å². The monoisotopic (exact) mass is 427 g/mol. The highest BCUT2D eigenvalue weighted by Gasteiger charge is 2.28. The summed E-state index contributed by atoms with van der Waals surface area (Å²) < 4.78 is 13.0. The summed E-state index contributed by atoms with van der Waals surface area (Å²) >= 11 is 0. The third kappa shape index (κ3) is 4.41. The molecule has 1 amide bonds. The van der Waals surface area contributed by atoms with E-state index >= 15 is 0 Å². The van der Waals surface area contributed by atoms with Crippen LogP contribution in [0.1, 0.15) is 59.4 Å². The normalized spacial score (nSPS) is 19.5. The van der Waals surface area contributed by atoms with Crippen molar-refractivity contribution < 1.29 is 19.1 Å². The van der Waals surface area contributed by atoms with Gasteiger partial charge in [-0.15, -0.1) is 0 Å². The van der Waals surface area contributed by atoms with E-state index < -0.39 is 11.7 Å². The Kier molecular flexibility index (Phi) is 5.70. The van der Waals surface area contributed by atoms with Crippen molar-refractivity contribution in [1.29, 1.82) is 0 Å². The number of aromatic nitrogens is 4. The number of hydrogen-bond donors (Lipinski definition) is 1. The van der Waals surface area contributed by atoms with Crippen LogP contribution in [-0.4, -0.2) is 49.2 Å². The molecule has 0 aliphatic heterocycles. The topological polar surface area (TPSA) is 107 Å². The third-order valence-electron chi connectivity index (χ3n) is 5.43. The Labute approximate surface area is 181 Å². The van der Waals surface area contributed by atoms with Gasteiger partial charge >= 0.3 is 6.09 Å². The van der Waals surface area contributed by atoms with Crippen LogP contribution in [0.4, 0.5) is 10.6 Å². The number of nitrogens with zero attached hydrogens (tertiary/aromatic N) is 5. The molecule has 3 heterocycles. The smallest absolute Gasteiger partial charge is 0.415 e. The molecule has 3 aromatic rings. The second-order valence-electron chi connectivity index (χ2n) is 8.88. The molecule has 9 nitrogen and oxygen atoms in total. The number of carbonyl (C=O) groups excluding carboxylic acids is 1. The maximum atomic E-state index is 12.7. The van der Waals surface area contributed by atoms with Crippen molar-refractivity contribution >= 4 is 22.8 Å². The maximum Gasteiger partial charge on any atom is 0.415 e. The standard InChI is InChI=1S/C22H29N5O4/c1-5-26(21(29)31-22(2,3)4)18-12-17-16(13-24-18)19(20-23-10-11-30-20)25-27(17)14-6-8-15(28)9-7-14/h10-15,28H,5-9H2,1-4H3. The van der Waals surface area contributed by atoms with Crippen molar-refractivity contribution in [2.24, 2.45) is 0 Å². The summed E-state index contributed by atoms with van der Waals surface area (Å²) in [4.78, 5) is 23.0. The first kappa shape index (κ1) is 21.3. The van der Waals surface area contributed by atoms with Gasteiger partial charge in [0.2, 0.25) is 5.89 Å². The Morgan fingerprint density at radius 2 is 2.03 bits per heavy atom. The maximum absolute atomic E-state index is 12.7. The molecule has 0 radical (unpaired) electrons. The number of pyridine rings is 1. The summed E-state index contributed by atoms with van der Waals surface area (Å²) in [5, 5.41) is 15.5. The number of aliphatic hydroxyl groups is 1. The van der Waals surface area contributed by atoms with Gasteiger partial charge in [-0.05, 0) is 53.4 Å². The first-order chi connectivity index (χ1) is 14.8. The van der Waals surface area contributed by atoms with Gasteiger partial charge in [-0.1, -0.05) is 0 Å². The van der Waals surface area contributed by atoms with Crippen molar-refractivity contribution in [3.05, 3.63) is 24.7 Å². The number of amides is 1. The predicted molar refractivity (Wildman–Crippen MR) is 116 cm³/mol. The highest BCUT2D eigenvalue weighted by molar-refractivity contribution is 5.94. The molecule has 1 aliphatic carbocycles. The van der Waals surface area contributed by atoms with Crippen LogP contribution in [0.2, 0.25) is 0 Å². The SMILES string of the molecule is CCN(C(=O)OC(C)(C)C)c1cc2c(cn1)c(-c1ncco1)nn2C1CCC(O)CC1. The van der Waals surface area contributed by atoms with Gasteiger partial charge < -0.3 is 14.3 Å². The number of anilines is 1. The fraction of sp³-hybridized carbons (Fsp3) is 0.545. The second-order valence-corrected chi connectivity index (χ2v) is 8.88. The molecule has 0 bridgehead atoms. The van der Waals surface area contributed by atoms with Crippen molar-refractivity contribution in [3.8, 4) is 11.6 Å². The average molecular weight is 428 g/mol. The summed E-state index contributed by atoms with van der Waals surface area (Å²) in [6.07, 6.45) is 7.22. The summed E-state index contributed by atoms with van der Waals surface area (Å²) in [7, 11) is 0. The van der Waals surface area contributed by atoms with E-state index in [1.165, 1.54) is 11.2 Å². The number of ether oxygens (including phenoxy) is 1. The van der Waals surface area contributed by atoms with Gasteiger partial charge in [0.05, 0.1) is 29.2 Å². The van der Waals surface area contributed by atoms with Gasteiger partial charge in [-0.25, -0.2) is 14.8 Å². The van der Waals surface area contributed by atoms with Gasteiger partial charge in [-0.3, -0.25) is 9.58 Å². The minimum Gasteiger partial charge on any atom is -0.443 e. The molecular weight excluding hydrogens is 398 g/mol. The van der Waals surface area contributed by atoms with Crippen LogP contribution in [-0.2, 0) is 4.74 Å². The largest absolute Gasteiger partial charge is 0.443 e. The van der Waals surface area contributed by atoms with Crippen LogP contribution in [0.15, 0.2) is 29.1 Å². The second kappa shape index (κ2) is 8.30. The van der Waals surface area contributed by atoms with Gasteiger partial charge in [-0.2, -0.15) is 5.10 Å². The van der Waals surface area contributed by atoms with E-state index in [4.69, 9.17) is 14.3 Å². The molecule has 0 aromatic carbocycles. The minimum absolute atomic E-state index is 0.140.